The zero-order valence-electron chi connectivity index (χ0n) is 19.0. The van der Waals surface area contributed by atoms with E-state index < -0.39 is 0 Å². The molecule has 172 valence electrons. The van der Waals surface area contributed by atoms with Gasteiger partial charge in [0.2, 0.25) is 0 Å². The molecule has 0 N–H and O–H groups in total. The van der Waals surface area contributed by atoms with E-state index in [0.717, 1.165) is 86.8 Å². The Kier molecular flexibility index (Phi) is 5.76. The van der Waals surface area contributed by atoms with Gasteiger partial charge in [-0.25, -0.2) is 4.98 Å². The second-order valence-corrected chi connectivity index (χ2v) is 9.44. The first kappa shape index (κ1) is 20.7. The van der Waals surface area contributed by atoms with E-state index in [4.69, 9.17) is 14.2 Å². The average Bonchev–Trinajstić information content (AvgIpc) is 3.36. The lowest BCUT2D eigenvalue weighted by Crippen LogP contribution is -2.36. The predicted molar refractivity (Wildman–Crippen MR) is 128 cm³/mol. The molecule has 2 fully saturated rings. The summed E-state index contributed by atoms with van der Waals surface area (Å²) in [4.78, 5) is 11.5. The van der Waals surface area contributed by atoms with Crippen LogP contribution in [-0.2, 0) is 17.6 Å². The quantitative estimate of drug-likeness (QED) is 0.573. The highest BCUT2D eigenvalue weighted by atomic mass is 16.5. The van der Waals surface area contributed by atoms with Crippen LogP contribution in [0.4, 0.5) is 5.69 Å². The minimum Gasteiger partial charge on any atom is -0.493 e. The van der Waals surface area contributed by atoms with E-state index >= 15 is 0 Å². The first-order chi connectivity index (χ1) is 16.3. The molecule has 0 amide bonds. The number of fused-ring (bicyclic) bond motifs is 2. The van der Waals surface area contributed by atoms with Gasteiger partial charge < -0.3 is 19.1 Å². The molecule has 0 unspecified atom stereocenters. The number of para-hydroxylation sites is 1. The van der Waals surface area contributed by atoms with Gasteiger partial charge in [0.15, 0.2) is 0 Å². The van der Waals surface area contributed by atoms with Crippen LogP contribution >= 0.6 is 0 Å². The Labute approximate surface area is 194 Å². The molecule has 2 aromatic carbocycles. The van der Waals surface area contributed by atoms with Gasteiger partial charge in [-0.05, 0) is 55.2 Å². The number of ether oxygens (including phenoxy) is 3. The lowest BCUT2D eigenvalue weighted by atomic mass is 9.83. The lowest BCUT2D eigenvalue weighted by Gasteiger charge is -2.31. The molecule has 1 aliphatic carbocycles. The van der Waals surface area contributed by atoms with Crippen molar-refractivity contribution < 1.29 is 14.2 Å². The molecule has 0 radical (unpaired) electrons. The minimum absolute atomic E-state index is 0.226. The zero-order chi connectivity index (χ0) is 22.0. The van der Waals surface area contributed by atoms with Gasteiger partial charge in [0.05, 0.1) is 31.4 Å². The smallest absolute Gasteiger partial charge is 0.149 e. The number of nitrogens with zero attached hydrogens (tertiary/aromatic N) is 3. The molecule has 6 rings (SSSR count). The van der Waals surface area contributed by atoms with Gasteiger partial charge in [-0.15, -0.1) is 0 Å². The van der Waals surface area contributed by atoms with E-state index in [1.165, 1.54) is 24.0 Å². The molecule has 0 bridgehead atoms. The second kappa shape index (κ2) is 9.18. The third-order valence-corrected chi connectivity index (χ3v) is 7.29. The van der Waals surface area contributed by atoms with Crippen LogP contribution < -0.4 is 14.4 Å². The topological polar surface area (TPSA) is 56.7 Å². The monoisotopic (exact) mass is 445 g/mol. The van der Waals surface area contributed by atoms with Crippen molar-refractivity contribution in [2.24, 2.45) is 5.92 Å². The Hall–Kier alpha value is -2.86. The summed E-state index contributed by atoms with van der Waals surface area (Å²) < 4.78 is 18.0. The summed E-state index contributed by atoms with van der Waals surface area (Å²) in [6, 6.07) is 10.9. The molecule has 1 saturated carbocycles. The van der Waals surface area contributed by atoms with E-state index in [1.54, 1.807) is 12.4 Å². The Morgan fingerprint density at radius 2 is 1.82 bits per heavy atom. The standard InChI is InChI=1S/C27H31N3O3/c1-2-20-8-13-32-27(20)21(3-1)16-19-4-6-23(7-5-19)33-25-18-22(30-11-14-31-15-12-30)17-24-26(25)29-10-9-28-24/h1-3,9-10,17-19,23H,4-8,11-16H2. The minimum atomic E-state index is 0.226. The molecular weight excluding hydrogens is 414 g/mol. The first-order valence-electron chi connectivity index (χ1n) is 12.3. The maximum atomic E-state index is 6.59. The van der Waals surface area contributed by atoms with E-state index in [0.29, 0.717) is 5.92 Å². The van der Waals surface area contributed by atoms with E-state index in [1.807, 2.05) is 0 Å². The number of aromatic nitrogens is 2. The third kappa shape index (κ3) is 4.36. The van der Waals surface area contributed by atoms with E-state index in [2.05, 4.69) is 45.2 Å². The molecule has 6 nitrogen and oxygen atoms in total. The highest BCUT2D eigenvalue weighted by molar-refractivity contribution is 5.85. The van der Waals surface area contributed by atoms with Crippen LogP contribution in [0, 0.1) is 5.92 Å². The van der Waals surface area contributed by atoms with Gasteiger partial charge in [0.1, 0.15) is 17.0 Å². The van der Waals surface area contributed by atoms with Crippen LogP contribution in [0.1, 0.15) is 36.8 Å². The summed E-state index contributed by atoms with van der Waals surface area (Å²) in [6.45, 7) is 4.13. The van der Waals surface area contributed by atoms with Crippen LogP contribution in [0.2, 0.25) is 0 Å². The zero-order valence-corrected chi connectivity index (χ0v) is 19.0. The van der Waals surface area contributed by atoms with E-state index in [-0.39, 0.29) is 6.10 Å². The highest BCUT2D eigenvalue weighted by Crippen LogP contribution is 2.37. The first-order valence-corrected chi connectivity index (χ1v) is 12.3. The maximum Gasteiger partial charge on any atom is 0.149 e. The Morgan fingerprint density at radius 3 is 2.70 bits per heavy atom. The highest BCUT2D eigenvalue weighted by Gasteiger charge is 2.26. The van der Waals surface area contributed by atoms with Gasteiger partial charge in [0, 0.05) is 43.7 Å². The van der Waals surface area contributed by atoms with Crippen molar-refractivity contribution in [2.45, 2.75) is 44.6 Å². The summed E-state index contributed by atoms with van der Waals surface area (Å²) in [5.74, 6) is 2.71. The van der Waals surface area contributed by atoms with Crippen molar-refractivity contribution in [3.8, 4) is 11.5 Å². The van der Waals surface area contributed by atoms with Crippen LogP contribution in [0.15, 0.2) is 42.7 Å². The molecule has 33 heavy (non-hydrogen) atoms. The third-order valence-electron chi connectivity index (χ3n) is 7.29. The van der Waals surface area contributed by atoms with Gasteiger partial charge in [0.25, 0.3) is 0 Å². The molecule has 1 saturated heterocycles. The van der Waals surface area contributed by atoms with Crippen molar-refractivity contribution in [2.75, 3.05) is 37.8 Å². The number of hydrogen-bond donors (Lipinski definition) is 0. The van der Waals surface area contributed by atoms with Crippen molar-refractivity contribution >= 4 is 16.7 Å². The molecule has 3 aliphatic rings. The van der Waals surface area contributed by atoms with E-state index in [9.17, 15) is 0 Å². The number of morpholine rings is 1. The summed E-state index contributed by atoms with van der Waals surface area (Å²) >= 11 is 0. The Morgan fingerprint density at radius 1 is 0.970 bits per heavy atom. The molecule has 0 atom stereocenters. The number of benzene rings is 2. The fourth-order valence-corrected chi connectivity index (χ4v) is 5.51. The predicted octanol–water partition coefficient (Wildman–Crippen LogP) is 4.58. The fourth-order valence-electron chi connectivity index (χ4n) is 5.51. The largest absolute Gasteiger partial charge is 0.493 e. The molecule has 3 heterocycles. The van der Waals surface area contributed by atoms with Crippen molar-refractivity contribution in [3.05, 3.63) is 53.9 Å². The molecule has 1 aromatic heterocycles. The summed E-state index contributed by atoms with van der Waals surface area (Å²) in [7, 11) is 0. The summed E-state index contributed by atoms with van der Waals surface area (Å²) in [5, 5.41) is 0. The number of hydrogen-bond acceptors (Lipinski definition) is 6. The summed E-state index contributed by atoms with van der Waals surface area (Å²) in [6.07, 6.45) is 10.4. The van der Waals surface area contributed by atoms with Gasteiger partial charge >= 0.3 is 0 Å². The Balaban J connectivity index is 1.15. The Bertz CT molecular complexity index is 1120. The SMILES string of the molecule is c1cc2c(c(CC3CCC(Oc4cc(N5CCOCC5)cc5nccnc45)CC3)c1)OCC2. The second-order valence-electron chi connectivity index (χ2n) is 9.44. The average molecular weight is 446 g/mol. The molecule has 3 aromatic rings. The lowest BCUT2D eigenvalue weighted by molar-refractivity contribution is 0.122. The van der Waals surface area contributed by atoms with Crippen LogP contribution in [0.25, 0.3) is 11.0 Å². The number of rotatable bonds is 5. The van der Waals surface area contributed by atoms with Gasteiger partial charge in [-0.1, -0.05) is 18.2 Å². The normalized spacial score (nSPS) is 22.7. The van der Waals surface area contributed by atoms with Crippen molar-refractivity contribution in [1.82, 2.24) is 9.97 Å². The molecule has 6 heteroatoms. The number of anilines is 1. The van der Waals surface area contributed by atoms with Crippen LogP contribution in [0.3, 0.4) is 0 Å². The summed E-state index contributed by atoms with van der Waals surface area (Å²) in [5.41, 5.74) is 5.65. The van der Waals surface area contributed by atoms with Crippen LogP contribution in [0.5, 0.6) is 11.5 Å². The van der Waals surface area contributed by atoms with Crippen LogP contribution in [-0.4, -0.2) is 49.0 Å². The molecular formula is C27H31N3O3. The van der Waals surface area contributed by atoms with Gasteiger partial charge in [-0.2, -0.15) is 0 Å². The van der Waals surface area contributed by atoms with Crippen molar-refractivity contribution in [3.63, 3.8) is 0 Å². The van der Waals surface area contributed by atoms with Crippen molar-refractivity contribution in [1.29, 1.82) is 0 Å². The molecule has 0 spiro atoms. The molecule has 2 aliphatic heterocycles. The maximum absolute atomic E-state index is 6.59. The fraction of sp³-hybridized carbons (Fsp3) is 0.481. The van der Waals surface area contributed by atoms with Gasteiger partial charge in [-0.3, -0.25) is 4.98 Å².